The highest BCUT2D eigenvalue weighted by Gasteiger charge is 2.24. The molecule has 2 rings (SSSR count). The van der Waals surface area contributed by atoms with Crippen LogP contribution < -0.4 is 10.6 Å². The summed E-state index contributed by atoms with van der Waals surface area (Å²) in [5.74, 6) is 0.751. The van der Waals surface area contributed by atoms with Gasteiger partial charge in [-0.1, -0.05) is 12.8 Å². The smallest absolute Gasteiger partial charge is 0.191 e. The molecule has 0 saturated carbocycles. The van der Waals surface area contributed by atoms with Gasteiger partial charge in [0.2, 0.25) is 0 Å². The zero-order valence-electron chi connectivity index (χ0n) is 16.0. The second kappa shape index (κ2) is 9.77. The van der Waals surface area contributed by atoms with Crippen molar-refractivity contribution in [1.29, 1.82) is 0 Å². The molecule has 1 atom stereocenters. The molecule has 0 aromatic carbocycles. The second-order valence-electron chi connectivity index (χ2n) is 7.05. The summed E-state index contributed by atoms with van der Waals surface area (Å²) in [4.78, 5) is 7.08. The molecule has 1 aromatic heterocycles. The van der Waals surface area contributed by atoms with Gasteiger partial charge >= 0.3 is 0 Å². The first-order valence-corrected chi connectivity index (χ1v) is 9.47. The van der Waals surface area contributed by atoms with Gasteiger partial charge < -0.3 is 20.6 Å². The van der Waals surface area contributed by atoms with Crippen LogP contribution in [0, 0.1) is 0 Å². The van der Waals surface area contributed by atoms with Gasteiger partial charge in [-0.25, -0.2) is 4.99 Å². The summed E-state index contributed by atoms with van der Waals surface area (Å²) in [6.07, 6.45) is 8.85. The van der Waals surface area contributed by atoms with E-state index in [1.165, 1.54) is 38.8 Å². The normalized spacial score (nSPS) is 19.3. The van der Waals surface area contributed by atoms with Crippen LogP contribution in [0.3, 0.4) is 0 Å². The number of guanidine groups is 1. The highest BCUT2D eigenvalue weighted by molar-refractivity contribution is 5.79. The van der Waals surface area contributed by atoms with Crippen molar-refractivity contribution in [3.63, 3.8) is 0 Å². The first-order valence-electron chi connectivity index (χ1n) is 9.47. The van der Waals surface area contributed by atoms with Gasteiger partial charge in [-0.2, -0.15) is 5.10 Å². The van der Waals surface area contributed by atoms with Gasteiger partial charge in [0.05, 0.1) is 12.7 Å². The fourth-order valence-corrected chi connectivity index (χ4v) is 3.06. The number of likely N-dealkylation sites (tertiary alicyclic amines) is 1. The predicted octanol–water partition coefficient (Wildman–Crippen LogP) is 1.06. The Hall–Kier alpha value is -1.60. The summed E-state index contributed by atoms with van der Waals surface area (Å²) in [5, 5.41) is 21.4. The van der Waals surface area contributed by atoms with E-state index in [-0.39, 0.29) is 6.54 Å². The van der Waals surface area contributed by atoms with Gasteiger partial charge in [0.1, 0.15) is 5.60 Å². The molecule has 0 radical (unpaired) electrons. The molecule has 1 aromatic rings. The average molecular weight is 351 g/mol. The molecular formula is C18H34N6O. The number of rotatable bonds is 7. The Morgan fingerprint density at radius 3 is 2.60 bits per heavy atom. The third-order valence-electron chi connectivity index (χ3n) is 4.64. The van der Waals surface area contributed by atoms with Crippen LogP contribution in [0.1, 0.15) is 45.1 Å². The molecule has 0 spiro atoms. The van der Waals surface area contributed by atoms with Crippen LogP contribution in [-0.4, -0.2) is 65.0 Å². The lowest BCUT2D eigenvalue weighted by molar-refractivity contribution is 0.0672. The largest absolute Gasteiger partial charge is 0.383 e. The van der Waals surface area contributed by atoms with E-state index in [2.05, 4.69) is 25.6 Å². The van der Waals surface area contributed by atoms with Crippen molar-refractivity contribution >= 4 is 5.96 Å². The van der Waals surface area contributed by atoms with E-state index in [9.17, 15) is 5.11 Å². The van der Waals surface area contributed by atoms with Gasteiger partial charge in [0, 0.05) is 38.4 Å². The summed E-state index contributed by atoms with van der Waals surface area (Å²) >= 11 is 0. The van der Waals surface area contributed by atoms with Crippen LogP contribution in [0.2, 0.25) is 0 Å². The lowest BCUT2D eigenvalue weighted by Crippen LogP contribution is -2.42. The van der Waals surface area contributed by atoms with E-state index < -0.39 is 5.60 Å². The SMILES string of the molecule is CCNC(=NCC(C)(O)c1cnn(C)c1)NCCN1CCCCCC1. The van der Waals surface area contributed by atoms with Crippen LogP contribution in [0.5, 0.6) is 0 Å². The van der Waals surface area contributed by atoms with Crippen molar-refractivity contribution in [3.8, 4) is 0 Å². The van der Waals surface area contributed by atoms with E-state index in [4.69, 9.17) is 0 Å². The van der Waals surface area contributed by atoms with Gasteiger partial charge in [-0.3, -0.25) is 4.68 Å². The van der Waals surface area contributed by atoms with Crippen molar-refractivity contribution in [1.82, 2.24) is 25.3 Å². The first-order chi connectivity index (χ1) is 12.0. The molecule has 1 fully saturated rings. The number of hydrogen-bond donors (Lipinski definition) is 3. The standard InChI is InChI=1S/C18H34N6O/c1-4-19-17(20-9-12-24-10-7-5-6-8-11-24)21-15-18(2,25)16-13-22-23(3)14-16/h13-14,25H,4-12,15H2,1-3H3,(H2,19,20,21). The zero-order valence-corrected chi connectivity index (χ0v) is 16.0. The van der Waals surface area contributed by atoms with Crippen LogP contribution in [-0.2, 0) is 12.6 Å². The van der Waals surface area contributed by atoms with Crippen molar-refractivity contribution in [2.24, 2.45) is 12.0 Å². The molecular weight excluding hydrogens is 316 g/mol. The molecule has 142 valence electrons. The Kier molecular flexibility index (Phi) is 7.71. The third-order valence-corrected chi connectivity index (χ3v) is 4.64. The van der Waals surface area contributed by atoms with Crippen molar-refractivity contribution in [3.05, 3.63) is 18.0 Å². The van der Waals surface area contributed by atoms with E-state index in [0.29, 0.717) is 0 Å². The molecule has 2 heterocycles. The van der Waals surface area contributed by atoms with E-state index in [1.807, 2.05) is 20.2 Å². The van der Waals surface area contributed by atoms with Gasteiger partial charge in [0.25, 0.3) is 0 Å². The van der Waals surface area contributed by atoms with E-state index in [1.54, 1.807) is 17.8 Å². The minimum absolute atomic E-state index is 0.289. The van der Waals surface area contributed by atoms with Crippen molar-refractivity contribution in [2.75, 3.05) is 39.3 Å². The number of nitrogens with one attached hydrogen (secondary N) is 2. The molecule has 3 N–H and O–H groups in total. The first kappa shape index (κ1) is 19.7. The maximum Gasteiger partial charge on any atom is 0.191 e. The zero-order chi connectivity index (χ0) is 18.1. The number of aliphatic hydroxyl groups is 1. The number of hydrogen-bond acceptors (Lipinski definition) is 4. The molecule has 7 heteroatoms. The van der Waals surface area contributed by atoms with Crippen molar-refractivity contribution < 1.29 is 5.11 Å². The van der Waals surface area contributed by atoms with E-state index in [0.717, 1.165) is 31.2 Å². The highest BCUT2D eigenvalue weighted by Crippen LogP contribution is 2.19. The molecule has 7 nitrogen and oxygen atoms in total. The Morgan fingerprint density at radius 1 is 1.28 bits per heavy atom. The number of aromatic nitrogens is 2. The number of nitrogens with zero attached hydrogens (tertiary/aromatic N) is 4. The Morgan fingerprint density at radius 2 is 2.00 bits per heavy atom. The molecule has 0 aliphatic carbocycles. The van der Waals surface area contributed by atoms with Gasteiger partial charge in [0.15, 0.2) is 5.96 Å². The monoisotopic (exact) mass is 350 g/mol. The topological polar surface area (TPSA) is 77.7 Å². The predicted molar refractivity (Wildman–Crippen MR) is 102 cm³/mol. The molecule has 1 saturated heterocycles. The molecule has 1 aliphatic heterocycles. The summed E-state index contributed by atoms with van der Waals surface area (Å²) in [7, 11) is 1.84. The lowest BCUT2D eigenvalue weighted by Gasteiger charge is -2.22. The Labute approximate surface area is 151 Å². The summed E-state index contributed by atoms with van der Waals surface area (Å²) in [6.45, 7) is 9.20. The molecule has 1 aliphatic rings. The van der Waals surface area contributed by atoms with Crippen LogP contribution in [0.15, 0.2) is 17.4 Å². The summed E-state index contributed by atoms with van der Waals surface area (Å²) in [5.41, 5.74) is -0.249. The number of aliphatic imine (C=N–C) groups is 1. The van der Waals surface area contributed by atoms with E-state index >= 15 is 0 Å². The maximum absolute atomic E-state index is 10.7. The minimum Gasteiger partial charge on any atom is -0.383 e. The summed E-state index contributed by atoms with van der Waals surface area (Å²) < 4.78 is 1.69. The minimum atomic E-state index is -1.03. The summed E-state index contributed by atoms with van der Waals surface area (Å²) in [6, 6.07) is 0. The molecule has 1 unspecified atom stereocenters. The quantitative estimate of drug-likeness (QED) is 0.506. The van der Waals surface area contributed by atoms with Gasteiger partial charge in [-0.05, 0) is 39.8 Å². The lowest BCUT2D eigenvalue weighted by atomic mass is 10.0. The second-order valence-corrected chi connectivity index (χ2v) is 7.05. The third kappa shape index (κ3) is 6.66. The average Bonchev–Trinajstić information content (AvgIpc) is 2.86. The van der Waals surface area contributed by atoms with Crippen LogP contribution >= 0.6 is 0 Å². The van der Waals surface area contributed by atoms with Crippen molar-refractivity contribution in [2.45, 2.75) is 45.1 Å². The molecule has 25 heavy (non-hydrogen) atoms. The Bertz CT molecular complexity index is 531. The van der Waals surface area contributed by atoms with Crippen LogP contribution in [0.25, 0.3) is 0 Å². The molecule has 0 bridgehead atoms. The fourth-order valence-electron chi connectivity index (χ4n) is 3.06. The van der Waals surface area contributed by atoms with Crippen LogP contribution in [0.4, 0.5) is 0 Å². The highest BCUT2D eigenvalue weighted by atomic mass is 16.3. The number of aryl methyl sites for hydroxylation is 1. The Balaban J connectivity index is 1.84. The maximum atomic E-state index is 10.7. The fraction of sp³-hybridized carbons (Fsp3) is 0.778. The molecule has 0 amide bonds. The van der Waals surface area contributed by atoms with Gasteiger partial charge in [-0.15, -0.1) is 0 Å².